The summed E-state index contributed by atoms with van der Waals surface area (Å²) in [4.78, 5) is 32.5. The van der Waals surface area contributed by atoms with E-state index in [0.29, 0.717) is 29.4 Å². The van der Waals surface area contributed by atoms with E-state index in [1.54, 1.807) is 30.1 Å². The number of likely N-dealkylation sites (N-methyl/N-ethyl adjacent to an activating group) is 1. The number of rotatable bonds is 2. The Balaban J connectivity index is 1.63. The van der Waals surface area contributed by atoms with Gasteiger partial charge in [-0.1, -0.05) is 0 Å². The summed E-state index contributed by atoms with van der Waals surface area (Å²) in [5.74, 6) is 1.78. The zero-order valence-electron chi connectivity index (χ0n) is 14.2. The Kier molecular flexibility index (Phi) is 3.67. The summed E-state index contributed by atoms with van der Waals surface area (Å²) in [5, 5.41) is 7.05. The zero-order valence-corrected chi connectivity index (χ0v) is 14.2. The predicted octanol–water partition coefficient (Wildman–Crippen LogP) is 1.45. The van der Waals surface area contributed by atoms with E-state index in [-0.39, 0.29) is 24.5 Å². The number of aromatic nitrogens is 3. The van der Waals surface area contributed by atoms with Gasteiger partial charge in [0.25, 0.3) is 11.8 Å². The first-order valence-corrected chi connectivity index (χ1v) is 8.28. The number of amides is 2. The second kappa shape index (κ2) is 5.87. The van der Waals surface area contributed by atoms with Gasteiger partial charge in [-0.15, -0.1) is 0 Å². The Hall–Kier alpha value is -2.90. The van der Waals surface area contributed by atoms with Crippen LogP contribution in [-0.4, -0.2) is 52.1 Å². The Morgan fingerprint density at radius 1 is 1.40 bits per heavy atom. The molecule has 8 nitrogen and oxygen atoms in total. The molecular formula is C17H19N5O3. The number of nitrogens with zero attached hydrogens (tertiary/aromatic N) is 4. The standard InChI is InChI=1S/C17H19N5O3/c1-10-18-16(20-19-10)12-4-3-7-22(12)17(24)11-5-6-14-13(8-11)21(2)15(23)9-25-14/h5-6,8,12H,3-4,7,9H2,1-2H3,(H,18,19,20). The van der Waals surface area contributed by atoms with E-state index in [4.69, 9.17) is 4.74 Å². The van der Waals surface area contributed by atoms with Crippen LogP contribution in [0.1, 0.15) is 40.9 Å². The van der Waals surface area contributed by atoms with Crippen molar-refractivity contribution in [2.75, 3.05) is 25.1 Å². The molecule has 1 fully saturated rings. The molecule has 0 aliphatic carbocycles. The molecule has 4 rings (SSSR count). The van der Waals surface area contributed by atoms with Gasteiger partial charge in [-0.25, -0.2) is 4.98 Å². The molecule has 0 bridgehead atoms. The number of carbonyl (C=O) groups is 2. The fraction of sp³-hybridized carbons (Fsp3) is 0.412. The fourth-order valence-corrected chi connectivity index (χ4v) is 3.36. The third kappa shape index (κ3) is 2.63. The van der Waals surface area contributed by atoms with Crippen LogP contribution in [0.25, 0.3) is 0 Å². The van der Waals surface area contributed by atoms with Gasteiger partial charge < -0.3 is 14.5 Å². The monoisotopic (exact) mass is 341 g/mol. The molecule has 1 N–H and O–H groups in total. The lowest BCUT2D eigenvalue weighted by molar-refractivity contribution is -0.120. The van der Waals surface area contributed by atoms with Crippen LogP contribution in [0.15, 0.2) is 18.2 Å². The van der Waals surface area contributed by atoms with E-state index in [9.17, 15) is 9.59 Å². The van der Waals surface area contributed by atoms with Crippen LogP contribution in [0.5, 0.6) is 5.75 Å². The minimum absolute atomic E-state index is 0.0230. The number of H-pyrrole nitrogens is 1. The van der Waals surface area contributed by atoms with Gasteiger partial charge in [0.2, 0.25) is 0 Å². The molecule has 1 aromatic carbocycles. The molecule has 130 valence electrons. The van der Waals surface area contributed by atoms with Gasteiger partial charge in [0.05, 0.1) is 11.7 Å². The highest BCUT2D eigenvalue weighted by Crippen LogP contribution is 2.35. The number of likely N-dealkylation sites (tertiary alicyclic amines) is 1. The highest BCUT2D eigenvalue weighted by molar-refractivity contribution is 6.01. The first-order chi connectivity index (χ1) is 12.0. The quantitative estimate of drug-likeness (QED) is 0.892. The first-order valence-electron chi connectivity index (χ1n) is 8.28. The van der Waals surface area contributed by atoms with Crippen LogP contribution in [0.3, 0.4) is 0 Å². The van der Waals surface area contributed by atoms with Gasteiger partial charge in [0, 0.05) is 19.2 Å². The predicted molar refractivity (Wildman–Crippen MR) is 89.5 cm³/mol. The second-order valence-electron chi connectivity index (χ2n) is 6.36. The van der Waals surface area contributed by atoms with Gasteiger partial charge in [0.15, 0.2) is 12.4 Å². The zero-order chi connectivity index (χ0) is 17.6. The van der Waals surface area contributed by atoms with Crippen LogP contribution in [0, 0.1) is 6.92 Å². The van der Waals surface area contributed by atoms with Crippen LogP contribution >= 0.6 is 0 Å². The minimum Gasteiger partial charge on any atom is -0.482 e. The summed E-state index contributed by atoms with van der Waals surface area (Å²) in [7, 11) is 1.69. The molecule has 25 heavy (non-hydrogen) atoms. The molecule has 1 aromatic heterocycles. The Morgan fingerprint density at radius 3 is 3.00 bits per heavy atom. The van der Waals surface area contributed by atoms with Crippen molar-refractivity contribution in [2.24, 2.45) is 0 Å². The number of ether oxygens (including phenoxy) is 1. The van der Waals surface area contributed by atoms with Crippen molar-refractivity contribution in [1.29, 1.82) is 0 Å². The van der Waals surface area contributed by atoms with Crippen molar-refractivity contribution >= 4 is 17.5 Å². The van der Waals surface area contributed by atoms with Crippen molar-refractivity contribution in [3.63, 3.8) is 0 Å². The highest BCUT2D eigenvalue weighted by Gasteiger charge is 2.34. The molecule has 3 heterocycles. The summed E-state index contributed by atoms with van der Waals surface area (Å²) in [6.07, 6.45) is 1.76. The molecule has 2 aliphatic rings. The van der Waals surface area contributed by atoms with E-state index in [1.165, 1.54) is 4.90 Å². The molecule has 8 heteroatoms. The smallest absolute Gasteiger partial charge is 0.264 e. The van der Waals surface area contributed by atoms with E-state index in [0.717, 1.165) is 18.7 Å². The number of nitrogens with one attached hydrogen (secondary N) is 1. The molecule has 2 amide bonds. The van der Waals surface area contributed by atoms with Crippen molar-refractivity contribution < 1.29 is 14.3 Å². The van der Waals surface area contributed by atoms with E-state index >= 15 is 0 Å². The van der Waals surface area contributed by atoms with Crippen LogP contribution in [0.4, 0.5) is 5.69 Å². The Morgan fingerprint density at radius 2 is 2.24 bits per heavy atom. The largest absolute Gasteiger partial charge is 0.482 e. The highest BCUT2D eigenvalue weighted by atomic mass is 16.5. The fourth-order valence-electron chi connectivity index (χ4n) is 3.36. The van der Waals surface area contributed by atoms with Crippen LogP contribution in [0.2, 0.25) is 0 Å². The number of anilines is 1. The first kappa shape index (κ1) is 15.6. The molecular weight excluding hydrogens is 322 g/mol. The van der Waals surface area contributed by atoms with Crippen LogP contribution in [-0.2, 0) is 4.79 Å². The molecule has 0 spiro atoms. The number of hydrogen-bond donors (Lipinski definition) is 1. The van der Waals surface area contributed by atoms with E-state index < -0.39 is 0 Å². The van der Waals surface area contributed by atoms with Gasteiger partial charge in [-0.3, -0.25) is 14.7 Å². The van der Waals surface area contributed by atoms with Gasteiger partial charge in [-0.2, -0.15) is 5.10 Å². The Bertz CT molecular complexity index is 847. The number of fused-ring (bicyclic) bond motifs is 1. The number of aromatic amines is 1. The summed E-state index contributed by atoms with van der Waals surface area (Å²) >= 11 is 0. The normalized spacial score (nSPS) is 19.8. The SMILES string of the molecule is Cc1nc(C2CCCN2C(=O)c2ccc3c(c2)N(C)C(=O)CO3)n[nH]1. The molecule has 1 atom stereocenters. The molecule has 1 saturated heterocycles. The van der Waals surface area contributed by atoms with Gasteiger partial charge in [-0.05, 0) is 38.0 Å². The van der Waals surface area contributed by atoms with Gasteiger partial charge >= 0.3 is 0 Å². The van der Waals surface area contributed by atoms with Gasteiger partial charge in [0.1, 0.15) is 11.6 Å². The summed E-state index contributed by atoms with van der Waals surface area (Å²) < 4.78 is 5.42. The lowest BCUT2D eigenvalue weighted by Gasteiger charge is -2.27. The summed E-state index contributed by atoms with van der Waals surface area (Å²) in [6.45, 7) is 2.53. The average molecular weight is 341 g/mol. The lowest BCUT2D eigenvalue weighted by atomic mass is 10.1. The van der Waals surface area contributed by atoms with E-state index in [1.807, 2.05) is 6.92 Å². The molecule has 0 saturated carbocycles. The minimum atomic E-state index is -0.132. The number of hydrogen-bond acceptors (Lipinski definition) is 5. The average Bonchev–Trinajstić information content (AvgIpc) is 3.26. The van der Waals surface area contributed by atoms with Crippen LogP contribution < -0.4 is 9.64 Å². The third-order valence-electron chi connectivity index (χ3n) is 4.72. The second-order valence-corrected chi connectivity index (χ2v) is 6.36. The van der Waals surface area contributed by atoms with Crippen molar-refractivity contribution in [3.8, 4) is 5.75 Å². The van der Waals surface area contributed by atoms with Crippen molar-refractivity contribution in [1.82, 2.24) is 20.1 Å². The maximum atomic E-state index is 13.0. The van der Waals surface area contributed by atoms with Crippen molar-refractivity contribution in [2.45, 2.75) is 25.8 Å². The third-order valence-corrected chi connectivity index (χ3v) is 4.72. The maximum Gasteiger partial charge on any atom is 0.264 e. The Labute approximate surface area is 144 Å². The molecule has 0 radical (unpaired) electrons. The summed E-state index contributed by atoms with van der Waals surface area (Å²) in [6, 6.07) is 5.08. The number of benzene rings is 1. The molecule has 2 aliphatic heterocycles. The summed E-state index contributed by atoms with van der Waals surface area (Å²) in [5.41, 5.74) is 1.15. The lowest BCUT2D eigenvalue weighted by Crippen LogP contribution is -2.36. The molecule has 1 unspecified atom stereocenters. The topological polar surface area (TPSA) is 91.4 Å². The molecule has 2 aromatic rings. The van der Waals surface area contributed by atoms with Crippen molar-refractivity contribution in [3.05, 3.63) is 35.4 Å². The number of carbonyl (C=O) groups excluding carboxylic acids is 2. The van der Waals surface area contributed by atoms with E-state index in [2.05, 4.69) is 15.2 Å². The maximum absolute atomic E-state index is 13.0. The number of aryl methyl sites for hydroxylation is 1.